The Kier molecular flexibility index (Phi) is 5.02. The summed E-state index contributed by atoms with van der Waals surface area (Å²) >= 11 is 1.17. The van der Waals surface area contributed by atoms with E-state index in [0.717, 1.165) is 5.75 Å². The molecular formula is C6H10O3S. The van der Waals surface area contributed by atoms with Crippen LogP contribution >= 0.6 is 11.8 Å². The summed E-state index contributed by atoms with van der Waals surface area (Å²) in [5.74, 6) is -0.191. The minimum atomic E-state index is -0.912. The smallest absolute Gasteiger partial charge is 0.303 e. The van der Waals surface area contributed by atoms with Gasteiger partial charge in [-0.3, -0.25) is 9.59 Å². The Morgan fingerprint density at radius 3 is 2.40 bits per heavy atom. The van der Waals surface area contributed by atoms with Crippen molar-refractivity contribution in [2.24, 2.45) is 0 Å². The summed E-state index contributed by atoms with van der Waals surface area (Å²) < 4.78 is 0. The number of carbonyl (C=O) groups excluding carboxylic acids is 1. The monoisotopic (exact) mass is 162 g/mol. The summed E-state index contributed by atoms with van der Waals surface area (Å²) in [5, 5.41) is 8.13. The van der Waals surface area contributed by atoms with Crippen LogP contribution in [0.4, 0.5) is 0 Å². The predicted molar refractivity (Wildman–Crippen MR) is 40.0 cm³/mol. The average Bonchev–Trinajstić information content (AvgIpc) is 1.85. The van der Waals surface area contributed by atoms with Gasteiger partial charge >= 0.3 is 5.97 Å². The fourth-order valence-electron chi connectivity index (χ4n) is 0.442. The van der Waals surface area contributed by atoms with Crippen molar-refractivity contribution in [3.05, 3.63) is 0 Å². The van der Waals surface area contributed by atoms with E-state index in [2.05, 4.69) is 0 Å². The molecular weight excluding hydrogens is 152 g/mol. The lowest BCUT2D eigenvalue weighted by Gasteiger charge is -1.92. The molecule has 0 atom stereocenters. The van der Waals surface area contributed by atoms with E-state index >= 15 is 0 Å². The van der Waals surface area contributed by atoms with E-state index in [-0.39, 0.29) is 18.0 Å². The lowest BCUT2D eigenvalue weighted by molar-refractivity contribution is -0.137. The Balaban J connectivity index is 3.30. The van der Waals surface area contributed by atoms with Gasteiger partial charge in [0.25, 0.3) is 0 Å². The van der Waals surface area contributed by atoms with E-state index < -0.39 is 5.97 Å². The topological polar surface area (TPSA) is 54.4 Å². The Hall–Kier alpha value is -0.510. The molecule has 0 spiro atoms. The van der Waals surface area contributed by atoms with Gasteiger partial charge in [0.05, 0.1) is 6.42 Å². The van der Waals surface area contributed by atoms with Crippen LogP contribution in [0, 0.1) is 0 Å². The zero-order valence-corrected chi connectivity index (χ0v) is 6.61. The summed E-state index contributed by atoms with van der Waals surface area (Å²) in [7, 11) is 0. The number of carboxylic acids is 1. The van der Waals surface area contributed by atoms with E-state index in [4.69, 9.17) is 5.11 Å². The number of hydrogen-bond acceptors (Lipinski definition) is 3. The third-order valence-electron chi connectivity index (χ3n) is 0.848. The Labute approximate surface area is 63.8 Å². The van der Waals surface area contributed by atoms with Crippen LogP contribution in [0.2, 0.25) is 0 Å². The number of aliphatic carboxylic acids is 1. The zero-order valence-electron chi connectivity index (χ0n) is 5.79. The van der Waals surface area contributed by atoms with Gasteiger partial charge in [-0.1, -0.05) is 18.7 Å². The van der Waals surface area contributed by atoms with Gasteiger partial charge in [0.15, 0.2) is 5.12 Å². The predicted octanol–water partition coefficient (Wildman–Crippen LogP) is 1.13. The van der Waals surface area contributed by atoms with Crippen LogP contribution in [0.5, 0.6) is 0 Å². The SMILES string of the molecule is CCSC(=O)CCC(=O)O. The maximum atomic E-state index is 10.6. The first-order chi connectivity index (χ1) is 4.66. The molecule has 3 nitrogen and oxygen atoms in total. The van der Waals surface area contributed by atoms with Gasteiger partial charge in [-0.25, -0.2) is 0 Å². The van der Waals surface area contributed by atoms with Crippen molar-refractivity contribution in [2.75, 3.05) is 5.75 Å². The van der Waals surface area contributed by atoms with Crippen molar-refractivity contribution < 1.29 is 14.7 Å². The maximum absolute atomic E-state index is 10.6. The molecule has 0 aromatic rings. The molecule has 0 saturated heterocycles. The molecule has 1 N–H and O–H groups in total. The van der Waals surface area contributed by atoms with Crippen LogP contribution in [0.15, 0.2) is 0 Å². The van der Waals surface area contributed by atoms with Gasteiger partial charge in [0.2, 0.25) is 0 Å². The average molecular weight is 162 g/mol. The van der Waals surface area contributed by atoms with E-state index in [0.29, 0.717) is 0 Å². The van der Waals surface area contributed by atoms with Crippen LogP contribution in [-0.4, -0.2) is 21.9 Å². The summed E-state index contributed by atoms with van der Waals surface area (Å²) in [6.45, 7) is 1.86. The van der Waals surface area contributed by atoms with E-state index in [1.807, 2.05) is 6.92 Å². The Bertz CT molecular complexity index is 133. The van der Waals surface area contributed by atoms with Crippen LogP contribution < -0.4 is 0 Å². The molecule has 0 saturated carbocycles. The summed E-state index contributed by atoms with van der Waals surface area (Å²) in [6, 6.07) is 0. The number of carboxylic acid groups (broad SMARTS) is 1. The van der Waals surface area contributed by atoms with Crippen molar-refractivity contribution >= 4 is 22.8 Å². The number of carbonyl (C=O) groups is 2. The van der Waals surface area contributed by atoms with Crippen LogP contribution in [0.1, 0.15) is 19.8 Å². The van der Waals surface area contributed by atoms with Crippen molar-refractivity contribution in [1.29, 1.82) is 0 Å². The van der Waals surface area contributed by atoms with Crippen LogP contribution in [0.3, 0.4) is 0 Å². The van der Waals surface area contributed by atoms with Crippen molar-refractivity contribution in [1.82, 2.24) is 0 Å². The molecule has 0 aliphatic rings. The summed E-state index contributed by atoms with van der Waals surface area (Å²) in [5.41, 5.74) is 0. The zero-order chi connectivity index (χ0) is 7.98. The third-order valence-corrected chi connectivity index (χ3v) is 1.66. The second-order valence-corrected chi connectivity index (χ2v) is 3.02. The van der Waals surface area contributed by atoms with Crippen molar-refractivity contribution in [3.8, 4) is 0 Å². The maximum Gasteiger partial charge on any atom is 0.303 e. The highest BCUT2D eigenvalue weighted by atomic mass is 32.2. The Morgan fingerprint density at radius 1 is 1.40 bits per heavy atom. The molecule has 0 bridgehead atoms. The van der Waals surface area contributed by atoms with E-state index in [1.54, 1.807) is 0 Å². The van der Waals surface area contributed by atoms with Crippen LogP contribution in [0.25, 0.3) is 0 Å². The first-order valence-electron chi connectivity index (χ1n) is 3.04. The highest BCUT2D eigenvalue weighted by Gasteiger charge is 2.03. The molecule has 0 fully saturated rings. The van der Waals surface area contributed by atoms with Gasteiger partial charge in [-0.15, -0.1) is 0 Å². The van der Waals surface area contributed by atoms with E-state index in [1.165, 1.54) is 11.8 Å². The highest BCUT2D eigenvalue weighted by Crippen LogP contribution is 2.05. The van der Waals surface area contributed by atoms with E-state index in [9.17, 15) is 9.59 Å². The van der Waals surface area contributed by atoms with Gasteiger partial charge in [0.1, 0.15) is 0 Å². The molecule has 0 heterocycles. The summed E-state index contributed by atoms with van der Waals surface area (Å²) in [6.07, 6.45) is 0.0969. The second-order valence-electron chi connectivity index (χ2n) is 1.70. The second kappa shape index (κ2) is 5.29. The Morgan fingerprint density at radius 2 is 2.00 bits per heavy atom. The lowest BCUT2D eigenvalue weighted by Crippen LogP contribution is -1.99. The molecule has 0 amide bonds. The normalized spacial score (nSPS) is 9.30. The molecule has 58 valence electrons. The van der Waals surface area contributed by atoms with Crippen LogP contribution in [-0.2, 0) is 9.59 Å². The molecule has 0 rings (SSSR count). The molecule has 0 unspecified atom stereocenters. The lowest BCUT2D eigenvalue weighted by atomic mass is 10.3. The highest BCUT2D eigenvalue weighted by molar-refractivity contribution is 8.13. The quantitative estimate of drug-likeness (QED) is 0.673. The number of thioether (sulfide) groups is 1. The fraction of sp³-hybridized carbons (Fsp3) is 0.667. The standard InChI is InChI=1S/C6H10O3S/c1-2-10-6(9)4-3-5(7)8/h2-4H2,1H3,(H,7,8). The summed E-state index contributed by atoms with van der Waals surface area (Å²) in [4.78, 5) is 20.6. The van der Waals surface area contributed by atoms with Crippen molar-refractivity contribution in [3.63, 3.8) is 0 Å². The molecule has 0 aliphatic carbocycles. The number of rotatable bonds is 4. The fourth-order valence-corrected chi connectivity index (χ4v) is 1.01. The van der Waals surface area contributed by atoms with Crippen molar-refractivity contribution in [2.45, 2.75) is 19.8 Å². The first kappa shape index (κ1) is 9.49. The van der Waals surface area contributed by atoms with Gasteiger partial charge in [-0.2, -0.15) is 0 Å². The van der Waals surface area contributed by atoms with Gasteiger partial charge in [-0.05, 0) is 5.75 Å². The van der Waals surface area contributed by atoms with Gasteiger partial charge in [0, 0.05) is 6.42 Å². The third kappa shape index (κ3) is 5.62. The molecule has 10 heavy (non-hydrogen) atoms. The van der Waals surface area contributed by atoms with Gasteiger partial charge < -0.3 is 5.11 Å². The molecule has 0 radical (unpaired) electrons. The molecule has 0 aromatic carbocycles. The molecule has 0 aromatic heterocycles. The minimum absolute atomic E-state index is 0.0371. The molecule has 0 aliphatic heterocycles. The largest absolute Gasteiger partial charge is 0.481 e. The number of hydrogen-bond donors (Lipinski definition) is 1. The molecule has 4 heteroatoms. The first-order valence-corrected chi connectivity index (χ1v) is 4.02. The minimum Gasteiger partial charge on any atom is -0.481 e.